The molecule has 30 heavy (non-hydrogen) atoms. The molecule has 1 aliphatic heterocycles. The zero-order valence-corrected chi connectivity index (χ0v) is 18.1. The maximum atomic E-state index is 12.9. The van der Waals surface area contributed by atoms with E-state index in [1.165, 1.54) is 6.92 Å². The summed E-state index contributed by atoms with van der Waals surface area (Å²) in [5.74, 6) is -2.01. The van der Waals surface area contributed by atoms with Crippen LogP contribution in [-0.2, 0) is 19.1 Å². The standard InChI is InChI=1S/C22H30N2O6/c1-5-29-22(28)18-12(2)19(23-13(18)3)20(26)14(4)30-21(27)15-10-17(25)24(11-15)16-8-6-7-9-16/h14-16,23H,5-11H2,1-4H3/t14-,15+/m1/s1. The SMILES string of the molecule is CCOC(=O)c1c(C)[nH]c(C(=O)[C@@H](C)OC(=O)[C@H]2CC(=O)N(C3CCCC3)C2)c1C. The molecule has 164 valence electrons. The number of H-pyrrole nitrogens is 1. The van der Waals surface area contributed by atoms with Crippen molar-refractivity contribution in [2.45, 2.75) is 71.9 Å². The van der Waals surface area contributed by atoms with Crippen LogP contribution in [0.4, 0.5) is 0 Å². The molecule has 1 saturated carbocycles. The number of rotatable bonds is 7. The number of amides is 1. The minimum absolute atomic E-state index is 0.0160. The summed E-state index contributed by atoms with van der Waals surface area (Å²) in [5.41, 5.74) is 1.56. The average Bonchev–Trinajstić information content (AvgIpc) is 3.40. The summed E-state index contributed by atoms with van der Waals surface area (Å²) in [5, 5.41) is 0. The van der Waals surface area contributed by atoms with Gasteiger partial charge in [-0.2, -0.15) is 0 Å². The molecule has 0 unspecified atom stereocenters. The van der Waals surface area contributed by atoms with E-state index in [9.17, 15) is 19.2 Å². The van der Waals surface area contributed by atoms with E-state index in [4.69, 9.17) is 9.47 Å². The lowest BCUT2D eigenvalue weighted by Gasteiger charge is -2.24. The zero-order valence-electron chi connectivity index (χ0n) is 18.1. The number of Topliss-reactive ketones (excluding diaryl/α,β-unsaturated/α-hetero) is 1. The molecule has 1 saturated heterocycles. The quantitative estimate of drug-likeness (QED) is 0.539. The molecule has 2 aliphatic rings. The zero-order chi connectivity index (χ0) is 22.0. The molecule has 1 amide bonds. The summed E-state index contributed by atoms with van der Waals surface area (Å²) >= 11 is 0. The van der Waals surface area contributed by atoms with Crippen LogP contribution in [0.3, 0.4) is 0 Å². The molecule has 2 atom stereocenters. The van der Waals surface area contributed by atoms with Crippen LogP contribution in [0.5, 0.6) is 0 Å². The maximum absolute atomic E-state index is 12.9. The van der Waals surface area contributed by atoms with Gasteiger partial charge in [0.05, 0.1) is 23.8 Å². The van der Waals surface area contributed by atoms with Crippen LogP contribution >= 0.6 is 0 Å². The van der Waals surface area contributed by atoms with Crippen LogP contribution in [0, 0.1) is 19.8 Å². The van der Waals surface area contributed by atoms with Gasteiger partial charge in [0.25, 0.3) is 0 Å². The Bertz CT molecular complexity index is 852. The van der Waals surface area contributed by atoms with Crippen LogP contribution in [0.1, 0.15) is 78.1 Å². The van der Waals surface area contributed by atoms with E-state index < -0.39 is 29.7 Å². The first-order valence-corrected chi connectivity index (χ1v) is 10.6. The molecule has 0 aromatic carbocycles. The molecular weight excluding hydrogens is 388 g/mol. The van der Waals surface area contributed by atoms with Gasteiger partial charge in [0, 0.05) is 24.7 Å². The fourth-order valence-corrected chi connectivity index (χ4v) is 4.49. The van der Waals surface area contributed by atoms with E-state index in [0.717, 1.165) is 25.7 Å². The van der Waals surface area contributed by atoms with E-state index >= 15 is 0 Å². The van der Waals surface area contributed by atoms with Crippen LogP contribution in [0.15, 0.2) is 0 Å². The third-order valence-corrected chi connectivity index (χ3v) is 6.08. The molecule has 1 aliphatic carbocycles. The molecular formula is C22H30N2O6. The van der Waals surface area contributed by atoms with Gasteiger partial charge in [0.2, 0.25) is 11.7 Å². The Kier molecular flexibility index (Phi) is 6.63. The highest BCUT2D eigenvalue weighted by Crippen LogP contribution is 2.30. The predicted octanol–water partition coefficient (Wildman–Crippen LogP) is 2.71. The van der Waals surface area contributed by atoms with E-state index in [0.29, 0.717) is 23.4 Å². The summed E-state index contributed by atoms with van der Waals surface area (Å²) in [6.45, 7) is 7.16. The van der Waals surface area contributed by atoms with Gasteiger partial charge in [-0.3, -0.25) is 14.4 Å². The van der Waals surface area contributed by atoms with Crippen molar-refractivity contribution in [3.63, 3.8) is 0 Å². The van der Waals surface area contributed by atoms with Crippen molar-refractivity contribution >= 4 is 23.6 Å². The third kappa shape index (κ3) is 4.27. The molecule has 8 heteroatoms. The van der Waals surface area contributed by atoms with Crippen LogP contribution in [0.2, 0.25) is 0 Å². The van der Waals surface area contributed by atoms with Crippen LogP contribution < -0.4 is 0 Å². The number of hydrogen-bond donors (Lipinski definition) is 1. The Hall–Kier alpha value is -2.64. The lowest BCUT2D eigenvalue weighted by Crippen LogP contribution is -2.35. The molecule has 1 aromatic rings. The fraction of sp³-hybridized carbons (Fsp3) is 0.636. The van der Waals surface area contributed by atoms with Gasteiger partial charge in [-0.15, -0.1) is 0 Å². The fourth-order valence-electron chi connectivity index (χ4n) is 4.49. The summed E-state index contributed by atoms with van der Waals surface area (Å²) in [6, 6.07) is 0.222. The van der Waals surface area contributed by atoms with Gasteiger partial charge in [-0.25, -0.2) is 4.79 Å². The van der Waals surface area contributed by atoms with Crippen molar-refractivity contribution in [3.8, 4) is 0 Å². The monoisotopic (exact) mass is 418 g/mol. The number of hydrogen-bond acceptors (Lipinski definition) is 6. The number of nitrogens with zero attached hydrogens (tertiary/aromatic N) is 1. The Morgan fingerprint density at radius 1 is 1.20 bits per heavy atom. The smallest absolute Gasteiger partial charge is 0.340 e. The number of carbonyl (C=O) groups is 4. The van der Waals surface area contributed by atoms with Gasteiger partial charge >= 0.3 is 11.9 Å². The highest BCUT2D eigenvalue weighted by atomic mass is 16.5. The van der Waals surface area contributed by atoms with E-state index in [2.05, 4.69) is 4.98 Å². The van der Waals surface area contributed by atoms with Gasteiger partial charge in [0.1, 0.15) is 0 Å². The average molecular weight is 418 g/mol. The van der Waals surface area contributed by atoms with Crippen molar-refractivity contribution in [3.05, 3.63) is 22.5 Å². The number of carbonyl (C=O) groups excluding carboxylic acids is 4. The van der Waals surface area contributed by atoms with E-state index in [1.54, 1.807) is 25.7 Å². The third-order valence-electron chi connectivity index (χ3n) is 6.08. The van der Waals surface area contributed by atoms with Crippen molar-refractivity contribution in [1.82, 2.24) is 9.88 Å². The maximum Gasteiger partial charge on any atom is 0.340 e. The summed E-state index contributed by atoms with van der Waals surface area (Å²) in [4.78, 5) is 54.7. The molecule has 1 N–H and O–H groups in total. The molecule has 1 aromatic heterocycles. The van der Waals surface area contributed by atoms with Crippen molar-refractivity contribution in [2.24, 2.45) is 5.92 Å². The van der Waals surface area contributed by atoms with E-state index in [1.807, 2.05) is 0 Å². The Labute approximate surface area is 176 Å². The Morgan fingerprint density at radius 3 is 2.50 bits per heavy atom. The van der Waals surface area contributed by atoms with Crippen LogP contribution in [-0.4, -0.2) is 58.8 Å². The molecule has 0 bridgehead atoms. The van der Waals surface area contributed by atoms with Gasteiger partial charge in [-0.05, 0) is 46.1 Å². The van der Waals surface area contributed by atoms with Crippen molar-refractivity contribution < 1.29 is 28.7 Å². The topological polar surface area (TPSA) is 106 Å². The summed E-state index contributed by atoms with van der Waals surface area (Å²) < 4.78 is 10.5. The first kappa shape index (κ1) is 22.1. The highest BCUT2D eigenvalue weighted by molar-refractivity contribution is 6.04. The Morgan fingerprint density at radius 2 is 1.87 bits per heavy atom. The number of aromatic amines is 1. The summed E-state index contributed by atoms with van der Waals surface area (Å²) in [6.07, 6.45) is 3.28. The van der Waals surface area contributed by atoms with Gasteiger partial charge in [-0.1, -0.05) is 12.8 Å². The lowest BCUT2D eigenvalue weighted by atomic mass is 10.1. The first-order chi connectivity index (χ1) is 14.2. The van der Waals surface area contributed by atoms with Gasteiger partial charge in [0.15, 0.2) is 6.10 Å². The molecule has 2 fully saturated rings. The number of esters is 2. The second-order valence-corrected chi connectivity index (χ2v) is 8.17. The molecule has 2 heterocycles. The van der Waals surface area contributed by atoms with Crippen molar-refractivity contribution in [2.75, 3.05) is 13.2 Å². The molecule has 0 radical (unpaired) electrons. The number of nitrogens with one attached hydrogen (secondary N) is 1. The minimum Gasteiger partial charge on any atom is -0.462 e. The molecule has 3 rings (SSSR count). The Balaban J connectivity index is 1.64. The number of aryl methyl sites for hydroxylation is 1. The highest BCUT2D eigenvalue weighted by Gasteiger charge is 2.40. The first-order valence-electron chi connectivity index (χ1n) is 10.6. The number of ketones is 1. The lowest BCUT2D eigenvalue weighted by molar-refractivity contribution is -0.151. The second kappa shape index (κ2) is 9.02. The second-order valence-electron chi connectivity index (χ2n) is 8.17. The summed E-state index contributed by atoms with van der Waals surface area (Å²) in [7, 11) is 0. The normalized spacial score (nSPS) is 20.5. The minimum atomic E-state index is -1.03. The van der Waals surface area contributed by atoms with Crippen molar-refractivity contribution in [1.29, 1.82) is 0 Å². The molecule has 8 nitrogen and oxygen atoms in total. The van der Waals surface area contributed by atoms with E-state index in [-0.39, 0.29) is 30.7 Å². The number of likely N-dealkylation sites (tertiary alicyclic amines) is 1. The number of ether oxygens (including phenoxy) is 2. The van der Waals surface area contributed by atoms with Crippen LogP contribution in [0.25, 0.3) is 0 Å². The number of aromatic nitrogens is 1. The predicted molar refractivity (Wildman–Crippen MR) is 108 cm³/mol. The molecule has 0 spiro atoms. The largest absolute Gasteiger partial charge is 0.462 e. The van der Waals surface area contributed by atoms with Gasteiger partial charge < -0.3 is 19.4 Å².